The number of aromatic nitrogens is 1. The van der Waals surface area contributed by atoms with Gasteiger partial charge in [-0.3, -0.25) is 4.79 Å². The Hall–Kier alpha value is -2.86. The highest BCUT2D eigenvalue weighted by Gasteiger charge is 2.20. The summed E-state index contributed by atoms with van der Waals surface area (Å²) in [4.78, 5) is 16.1. The summed E-state index contributed by atoms with van der Waals surface area (Å²) >= 11 is 1.16. The van der Waals surface area contributed by atoms with E-state index in [0.717, 1.165) is 28.2 Å². The highest BCUT2D eigenvalue weighted by molar-refractivity contribution is 8.18. The first-order valence-electron chi connectivity index (χ1n) is 7.71. The fraction of sp³-hybridized carbons (Fsp3) is 0.0526. The van der Waals surface area contributed by atoms with Crippen molar-refractivity contribution in [2.45, 2.75) is 6.54 Å². The van der Waals surface area contributed by atoms with Crippen LogP contribution in [0.5, 0.6) is 0 Å². The standard InChI is InChI=1S/C19H14FN3OS/c20-15-7-3-1-5-12(15)10-23-11-13(14-6-2-4-8-16(14)23)9-17-18(24)22-19(21)25-17/h1-9,11H,10H2,(H2,21,22,24)/b17-9+. The first-order chi connectivity index (χ1) is 12.1. The van der Waals surface area contributed by atoms with Gasteiger partial charge in [0.05, 0.1) is 11.4 Å². The summed E-state index contributed by atoms with van der Waals surface area (Å²) in [5.41, 5.74) is 8.08. The first kappa shape index (κ1) is 15.7. The number of rotatable bonds is 3. The number of hydrogen-bond acceptors (Lipinski definition) is 3. The Kier molecular flexibility index (Phi) is 3.89. The molecule has 0 bridgehead atoms. The maximum Gasteiger partial charge on any atom is 0.286 e. The molecule has 0 aliphatic carbocycles. The van der Waals surface area contributed by atoms with Crippen molar-refractivity contribution in [2.24, 2.45) is 10.7 Å². The lowest BCUT2D eigenvalue weighted by Crippen LogP contribution is -2.01. The van der Waals surface area contributed by atoms with Crippen LogP contribution in [0, 0.1) is 5.82 Å². The molecule has 0 fully saturated rings. The van der Waals surface area contributed by atoms with Crippen LogP contribution in [0.15, 0.2) is 64.6 Å². The summed E-state index contributed by atoms with van der Waals surface area (Å²) < 4.78 is 16.0. The van der Waals surface area contributed by atoms with Gasteiger partial charge in [-0.25, -0.2) is 4.39 Å². The molecule has 1 aromatic heterocycles. The van der Waals surface area contributed by atoms with E-state index >= 15 is 0 Å². The zero-order valence-corrected chi connectivity index (χ0v) is 14.0. The van der Waals surface area contributed by atoms with Gasteiger partial charge < -0.3 is 10.3 Å². The molecular weight excluding hydrogens is 337 g/mol. The molecule has 2 heterocycles. The Morgan fingerprint density at radius 2 is 1.92 bits per heavy atom. The van der Waals surface area contributed by atoms with Gasteiger partial charge in [0.15, 0.2) is 5.17 Å². The van der Waals surface area contributed by atoms with Crippen molar-refractivity contribution in [3.05, 3.63) is 76.6 Å². The van der Waals surface area contributed by atoms with E-state index in [1.165, 1.54) is 6.07 Å². The third kappa shape index (κ3) is 2.96. The van der Waals surface area contributed by atoms with Crippen molar-refractivity contribution in [3.63, 3.8) is 0 Å². The van der Waals surface area contributed by atoms with Crippen LogP contribution in [0.4, 0.5) is 4.39 Å². The summed E-state index contributed by atoms with van der Waals surface area (Å²) in [7, 11) is 0. The highest BCUT2D eigenvalue weighted by Crippen LogP contribution is 2.30. The number of para-hydroxylation sites is 1. The second-order valence-corrected chi connectivity index (χ2v) is 6.75. The molecule has 6 heteroatoms. The summed E-state index contributed by atoms with van der Waals surface area (Å²) in [5.74, 6) is -0.559. The Balaban J connectivity index is 1.79. The van der Waals surface area contributed by atoms with Gasteiger partial charge in [-0.2, -0.15) is 4.99 Å². The molecule has 0 radical (unpaired) electrons. The van der Waals surface area contributed by atoms with Crippen molar-refractivity contribution >= 4 is 39.8 Å². The monoisotopic (exact) mass is 351 g/mol. The number of amidine groups is 1. The summed E-state index contributed by atoms with van der Waals surface area (Å²) in [6, 6.07) is 14.6. The Morgan fingerprint density at radius 3 is 2.68 bits per heavy atom. The van der Waals surface area contributed by atoms with Gasteiger partial charge in [0.25, 0.3) is 5.91 Å². The Morgan fingerprint density at radius 1 is 1.16 bits per heavy atom. The molecule has 0 saturated carbocycles. The number of carbonyl (C=O) groups excluding carboxylic acids is 1. The van der Waals surface area contributed by atoms with Crippen LogP contribution in [-0.4, -0.2) is 15.6 Å². The number of nitrogens with zero attached hydrogens (tertiary/aromatic N) is 2. The van der Waals surface area contributed by atoms with Crippen LogP contribution < -0.4 is 5.73 Å². The van der Waals surface area contributed by atoms with E-state index in [-0.39, 0.29) is 16.9 Å². The van der Waals surface area contributed by atoms with Crippen molar-refractivity contribution in [2.75, 3.05) is 0 Å². The maximum atomic E-state index is 14.0. The molecular formula is C19H14FN3OS. The molecule has 1 amide bonds. The van der Waals surface area contributed by atoms with E-state index in [9.17, 15) is 9.18 Å². The number of halogens is 1. The van der Waals surface area contributed by atoms with E-state index in [1.54, 1.807) is 18.2 Å². The number of carbonyl (C=O) groups is 1. The van der Waals surface area contributed by atoms with E-state index in [4.69, 9.17) is 5.73 Å². The fourth-order valence-corrected chi connectivity index (χ4v) is 3.57. The number of nitrogens with two attached hydrogens (primary N) is 1. The van der Waals surface area contributed by atoms with E-state index in [2.05, 4.69) is 4.99 Å². The predicted molar refractivity (Wildman–Crippen MR) is 99.6 cm³/mol. The van der Waals surface area contributed by atoms with Gasteiger partial charge in [-0.05, 0) is 30.0 Å². The van der Waals surface area contributed by atoms with Gasteiger partial charge >= 0.3 is 0 Å². The lowest BCUT2D eigenvalue weighted by molar-refractivity contribution is -0.113. The third-order valence-electron chi connectivity index (χ3n) is 4.04. The van der Waals surface area contributed by atoms with Crippen LogP contribution in [-0.2, 0) is 11.3 Å². The molecule has 4 rings (SSSR count). The molecule has 2 N–H and O–H groups in total. The van der Waals surface area contributed by atoms with Crippen molar-refractivity contribution in [1.82, 2.24) is 4.57 Å². The molecule has 0 saturated heterocycles. The normalized spacial score (nSPS) is 16.0. The minimum absolute atomic E-state index is 0.233. The molecule has 0 unspecified atom stereocenters. The van der Waals surface area contributed by atoms with Gasteiger partial charge in [0, 0.05) is 28.2 Å². The number of fused-ring (bicyclic) bond motifs is 1. The van der Waals surface area contributed by atoms with Gasteiger partial charge in [0.2, 0.25) is 0 Å². The molecule has 2 aromatic carbocycles. The SMILES string of the molecule is NC1=NC(=O)/C(=C\c2cn(Cc3ccccc3F)c3ccccc23)S1. The topological polar surface area (TPSA) is 60.4 Å². The number of hydrogen-bond donors (Lipinski definition) is 1. The summed E-state index contributed by atoms with van der Waals surface area (Å²) in [5, 5.41) is 1.25. The molecule has 1 aliphatic heterocycles. The predicted octanol–water partition coefficient (Wildman–Crippen LogP) is 3.76. The Bertz CT molecular complexity index is 1050. The molecule has 1 aliphatic rings. The smallest absolute Gasteiger partial charge is 0.286 e. The minimum Gasteiger partial charge on any atom is -0.378 e. The summed E-state index contributed by atoms with van der Waals surface area (Å²) in [6.45, 7) is 0.413. The molecule has 25 heavy (non-hydrogen) atoms. The highest BCUT2D eigenvalue weighted by atomic mass is 32.2. The zero-order valence-electron chi connectivity index (χ0n) is 13.1. The van der Waals surface area contributed by atoms with Gasteiger partial charge in [-0.1, -0.05) is 36.4 Å². The van der Waals surface area contributed by atoms with E-state index in [1.807, 2.05) is 41.1 Å². The van der Waals surface area contributed by atoms with Crippen LogP contribution in [0.2, 0.25) is 0 Å². The first-order valence-corrected chi connectivity index (χ1v) is 8.53. The molecule has 3 aromatic rings. The van der Waals surface area contributed by atoms with Crippen LogP contribution in [0.1, 0.15) is 11.1 Å². The molecule has 4 nitrogen and oxygen atoms in total. The Labute approximate surface area is 147 Å². The fourth-order valence-electron chi connectivity index (χ4n) is 2.90. The quantitative estimate of drug-likeness (QED) is 0.731. The maximum absolute atomic E-state index is 14.0. The second-order valence-electron chi connectivity index (χ2n) is 5.69. The largest absolute Gasteiger partial charge is 0.378 e. The number of amides is 1. The number of aliphatic imine (C=N–C) groups is 1. The van der Waals surface area contributed by atoms with Gasteiger partial charge in [0.1, 0.15) is 5.82 Å². The number of benzene rings is 2. The molecule has 0 spiro atoms. The van der Waals surface area contributed by atoms with Crippen molar-refractivity contribution in [3.8, 4) is 0 Å². The lowest BCUT2D eigenvalue weighted by atomic mass is 10.1. The summed E-state index contributed by atoms with van der Waals surface area (Å²) in [6.07, 6.45) is 3.71. The van der Waals surface area contributed by atoms with E-state index in [0.29, 0.717) is 17.0 Å². The van der Waals surface area contributed by atoms with Crippen molar-refractivity contribution in [1.29, 1.82) is 0 Å². The third-order valence-corrected chi connectivity index (χ3v) is 4.85. The van der Waals surface area contributed by atoms with Crippen LogP contribution in [0.3, 0.4) is 0 Å². The van der Waals surface area contributed by atoms with E-state index < -0.39 is 0 Å². The lowest BCUT2D eigenvalue weighted by Gasteiger charge is -2.06. The second kappa shape index (κ2) is 6.22. The average molecular weight is 351 g/mol. The number of thioether (sulfide) groups is 1. The van der Waals surface area contributed by atoms with Crippen LogP contribution in [0.25, 0.3) is 17.0 Å². The van der Waals surface area contributed by atoms with Gasteiger partial charge in [-0.15, -0.1) is 0 Å². The van der Waals surface area contributed by atoms with Crippen LogP contribution >= 0.6 is 11.8 Å². The van der Waals surface area contributed by atoms with Crippen molar-refractivity contribution < 1.29 is 9.18 Å². The average Bonchev–Trinajstić information content (AvgIpc) is 3.10. The minimum atomic E-state index is -0.326. The molecule has 0 atom stereocenters. The zero-order chi connectivity index (χ0) is 17.4. The molecule has 124 valence electrons.